The first-order valence-electron chi connectivity index (χ1n) is 9.26. The Kier molecular flexibility index (Phi) is 6.56. The molecule has 1 N–H and O–H groups in total. The number of amides is 1. The summed E-state index contributed by atoms with van der Waals surface area (Å²) in [5, 5.41) is 3.88. The van der Waals surface area contributed by atoms with Crippen LogP contribution < -0.4 is 9.46 Å². The van der Waals surface area contributed by atoms with E-state index in [1.807, 2.05) is 0 Å². The van der Waals surface area contributed by atoms with Gasteiger partial charge in [-0.25, -0.2) is 8.42 Å². The van der Waals surface area contributed by atoms with Gasteiger partial charge in [0.05, 0.1) is 30.1 Å². The molecule has 1 aromatic heterocycles. The Morgan fingerprint density at radius 1 is 1.23 bits per heavy atom. The largest absolute Gasteiger partial charge is 0.495 e. The standard InChI is InChI=1S/C21H22ClN3O5S/c1-13-16(14(2)30-23-13)12-25(3)21(26)15-9-10-17(22)20(11-15)31(27,28)24-18-7-5-6-8-19(18)29-4/h5-11,24H,12H2,1-4H3. The third-order valence-corrected chi connectivity index (χ3v) is 6.59. The number of nitrogens with zero attached hydrogens (tertiary/aromatic N) is 2. The van der Waals surface area contributed by atoms with Crippen molar-refractivity contribution in [1.82, 2.24) is 10.1 Å². The number of carbonyl (C=O) groups excluding carboxylic acids is 1. The smallest absolute Gasteiger partial charge is 0.263 e. The second kappa shape index (κ2) is 8.99. The van der Waals surface area contributed by atoms with Gasteiger partial charge in [0.15, 0.2) is 0 Å². The van der Waals surface area contributed by atoms with E-state index in [1.165, 1.54) is 30.2 Å². The van der Waals surface area contributed by atoms with Crippen LogP contribution in [0.25, 0.3) is 0 Å². The molecule has 3 aromatic rings. The van der Waals surface area contributed by atoms with Crippen molar-refractivity contribution in [2.24, 2.45) is 0 Å². The Morgan fingerprint density at radius 3 is 2.58 bits per heavy atom. The molecule has 3 rings (SSSR count). The molecule has 1 amide bonds. The fourth-order valence-electron chi connectivity index (χ4n) is 3.03. The summed E-state index contributed by atoms with van der Waals surface area (Å²) in [4.78, 5) is 14.2. The Labute approximate surface area is 185 Å². The van der Waals surface area contributed by atoms with Gasteiger partial charge in [-0.15, -0.1) is 0 Å². The first-order valence-corrected chi connectivity index (χ1v) is 11.1. The number of sulfonamides is 1. The molecule has 0 radical (unpaired) electrons. The monoisotopic (exact) mass is 463 g/mol. The van der Waals surface area contributed by atoms with Crippen molar-refractivity contribution in [3.8, 4) is 5.75 Å². The van der Waals surface area contributed by atoms with E-state index in [-0.39, 0.29) is 33.6 Å². The zero-order valence-corrected chi connectivity index (χ0v) is 19.0. The van der Waals surface area contributed by atoms with E-state index in [0.29, 0.717) is 17.2 Å². The van der Waals surface area contributed by atoms with Gasteiger partial charge >= 0.3 is 0 Å². The maximum atomic E-state index is 13.0. The SMILES string of the molecule is COc1ccccc1NS(=O)(=O)c1cc(C(=O)N(C)Cc2c(C)noc2C)ccc1Cl. The number of ether oxygens (including phenoxy) is 1. The second-order valence-corrected chi connectivity index (χ2v) is 8.97. The number of carbonyl (C=O) groups is 1. The maximum Gasteiger partial charge on any atom is 0.263 e. The van der Waals surface area contributed by atoms with E-state index in [2.05, 4.69) is 9.88 Å². The molecule has 10 heteroatoms. The summed E-state index contributed by atoms with van der Waals surface area (Å²) in [6.07, 6.45) is 0. The Balaban J connectivity index is 1.89. The summed E-state index contributed by atoms with van der Waals surface area (Å²) in [6.45, 7) is 3.83. The van der Waals surface area contributed by atoms with Crippen LogP contribution in [0, 0.1) is 13.8 Å². The molecule has 0 unspecified atom stereocenters. The average molecular weight is 464 g/mol. The number of hydrogen-bond acceptors (Lipinski definition) is 6. The van der Waals surface area contributed by atoms with Crippen molar-refractivity contribution < 1.29 is 22.5 Å². The molecular formula is C21H22ClN3O5S. The van der Waals surface area contributed by atoms with Crippen LogP contribution in [-0.2, 0) is 16.6 Å². The molecule has 0 saturated heterocycles. The maximum absolute atomic E-state index is 13.0. The van der Waals surface area contributed by atoms with Crippen LogP contribution in [0.15, 0.2) is 51.9 Å². The van der Waals surface area contributed by atoms with Crippen LogP contribution in [0.3, 0.4) is 0 Å². The summed E-state index contributed by atoms with van der Waals surface area (Å²) < 4.78 is 38.7. The number of methoxy groups -OCH3 is 1. The molecule has 2 aromatic carbocycles. The Hall–Kier alpha value is -3.04. The zero-order valence-electron chi connectivity index (χ0n) is 17.5. The minimum atomic E-state index is -4.08. The molecule has 0 atom stereocenters. The van der Waals surface area contributed by atoms with Crippen molar-refractivity contribution in [1.29, 1.82) is 0 Å². The first-order chi connectivity index (χ1) is 14.6. The van der Waals surface area contributed by atoms with E-state index in [0.717, 1.165) is 5.56 Å². The van der Waals surface area contributed by atoms with Crippen molar-refractivity contribution >= 4 is 33.2 Å². The van der Waals surface area contributed by atoms with Gasteiger partial charge < -0.3 is 14.2 Å². The third-order valence-electron chi connectivity index (χ3n) is 4.74. The predicted molar refractivity (Wildman–Crippen MR) is 117 cm³/mol. The molecule has 0 bridgehead atoms. The number of para-hydroxylation sites is 2. The van der Waals surface area contributed by atoms with Crippen molar-refractivity contribution in [3.05, 3.63) is 70.1 Å². The lowest BCUT2D eigenvalue weighted by Crippen LogP contribution is -2.27. The number of aryl methyl sites for hydroxylation is 2. The van der Waals surface area contributed by atoms with Gasteiger partial charge in [0.1, 0.15) is 16.4 Å². The molecular weight excluding hydrogens is 442 g/mol. The molecule has 1 heterocycles. The summed E-state index contributed by atoms with van der Waals surface area (Å²) in [5.74, 6) is 0.608. The number of nitrogens with one attached hydrogen (secondary N) is 1. The fraction of sp³-hybridized carbons (Fsp3) is 0.238. The highest BCUT2D eigenvalue weighted by molar-refractivity contribution is 7.92. The summed E-state index contributed by atoms with van der Waals surface area (Å²) in [6, 6.07) is 10.7. The molecule has 0 aliphatic heterocycles. The number of rotatable bonds is 7. The van der Waals surface area contributed by atoms with Gasteiger partial charge in [-0.2, -0.15) is 0 Å². The molecule has 0 saturated carbocycles. The molecule has 31 heavy (non-hydrogen) atoms. The highest BCUT2D eigenvalue weighted by atomic mass is 35.5. The van der Waals surface area contributed by atoms with Crippen molar-refractivity contribution in [2.45, 2.75) is 25.3 Å². The number of hydrogen-bond donors (Lipinski definition) is 1. The summed E-state index contributed by atoms with van der Waals surface area (Å²) >= 11 is 6.17. The molecule has 8 nitrogen and oxygen atoms in total. The van der Waals surface area contributed by atoms with Crippen molar-refractivity contribution in [2.75, 3.05) is 18.9 Å². The van der Waals surface area contributed by atoms with E-state index in [4.69, 9.17) is 20.9 Å². The van der Waals surface area contributed by atoms with E-state index in [1.54, 1.807) is 45.2 Å². The Bertz CT molecular complexity index is 1200. The van der Waals surface area contributed by atoms with Gasteiger partial charge in [0, 0.05) is 18.2 Å². The topological polar surface area (TPSA) is 102 Å². The quantitative estimate of drug-likeness (QED) is 0.567. The van der Waals surface area contributed by atoms with Gasteiger partial charge in [0.25, 0.3) is 15.9 Å². The van der Waals surface area contributed by atoms with Gasteiger partial charge in [-0.3, -0.25) is 9.52 Å². The minimum absolute atomic E-state index is 0.00711. The first kappa shape index (κ1) is 22.6. The zero-order chi connectivity index (χ0) is 22.8. The van der Waals surface area contributed by atoms with Crippen LogP contribution in [0.1, 0.15) is 27.4 Å². The number of benzene rings is 2. The van der Waals surface area contributed by atoms with E-state index < -0.39 is 10.0 Å². The van der Waals surface area contributed by atoms with E-state index >= 15 is 0 Å². The van der Waals surface area contributed by atoms with Crippen LogP contribution in [0.5, 0.6) is 5.75 Å². The minimum Gasteiger partial charge on any atom is -0.495 e. The number of aromatic nitrogens is 1. The van der Waals surface area contributed by atoms with E-state index in [9.17, 15) is 13.2 Å². The molecule has 0 fully saturated rings. The number of halogens is 1. The molecule has 0 aliphatic rings. The van der Waals surface area contributed by atoms with Gasteiger partial charge in [-0.05, 0) is 44.2 Å². The molecule has 0 aliphatic carbocycles. The number of anilines is 1. The van der Waals surface area contributed by atoms with Gasteiger partial charge in [-0.1, -0.05) is 28.9 Å². The van der Waals surface area contributed by atoms with Gasteiger partial charge in [0.2, 0.25) is 0 Å². The lowest BCUT2D eigenvalue weighted by atomic mass is 10.1. The average Bonchev–Trinajstić information content (AvgIpc) is 3.05. The highest BCUT2D eigenvalue weighted by Gasteiger charge is 2.23. The molecule has 164 valence electrons. The predicted octanol–water partition coefficient (Wildman–Crippen LogP) is 4.03. The van der Waals surface area contributed by atoms with Crippen LogP contribution in [0.4, 0.5) is 5.69 Å². The van der Waals surface area contributed by atoms with Crippen LogP contribution in [0.2, 0.25) is 5.02 Å². The normalized spacial score (nSPS) is 11.3. The Morgan fingerprint density at radius 2 is 1.94 bits per heavy atom. The van der Waals surface area contributed by atoms with Crippen LogP contribution >= 0.6 is 11.6 Å². The fourth-order valence-corrected chi connectivity index (χ4v) is 4.63. The lowest BCUT2D eigenvalue weighted by molar-refractivity contribution is 0.0784. The summed E-state index contributed by atoms with van der Waals surface area (Å²) in [5.41, 5.74) is 1.93. The van der Waals surface area contributed by atoms with Crippen molar-refractivity contribution in [3.63, 3.8) is 0 Å². The van der Waals surface area contributed by atoms with Crippen LogP contribution in [-0.4, -0.2) is 38.5 Å². The lowest BCUT2D eigenvalue weighted by Gasteiger charge is -2.18. The molecule has 0 spiro atoms. The third kappa shape index (κ3) is 4.83. The second-order valence-electron chi connectivity index (χ2n) is 6.91. The highest BCUT2D eigenvalue weighted by Crippen LogP contribution is 2.29. The summed E-state index contributed by atoms with van der Waals surface area (Å²) in [7, 11) is -1.03.